The summed E-state index contributed by atoms with van der Waals surface area (Å²) in [6.07, 6.45) is 0. The number of aliphatic hydroxyl groups is 2. The number of rotatable bonds is 0. The van der Waals surface area contributed by atoms with Crippen LogP contribution in [0.15, 0.2) is 25.7 Å². The van der Waals surface area contributed by atoms with E-state index < -0.39 is 5.95 Å². The molecule has 0 rings (SSSR count). The molecule has 0 spiro atoms. The minimum Gasteiger partial charge on any atom is -0.482 e. The van der Waals surface area contributed by atoms with Crippen molar-refractivity contribution in [1.29, 1.82) is 0 Å². The molecule has 0 radical (unpaired) electrons. The topological polar surface area (TPSA) is 40.5 Å². The van der Waals surface area contributed by atoms with Gasteiger partial charge < -0.3 is 10.2 Å². The second-order valence-electron chi connectivity index (χ2n) is 0.416. The highest BCUT2D eigenvalue weighted by molar-refractivity contribution is 4.54. The molecule has 0 unspecified atom stereocenters. The van der Waals surface area contributed by atoms with Gasteiger partial charge in [-0.1, -0.05) is 0 Å². The lowest BCUT2D eigenvalue weighted by molar-refractivity contribution is 0.194. The van der Waals surface area contributed by atoms with E-state index in [2.05, 4.69) is 19.7 Å². The van der Waals surface area contributed by atoms with Crippen molar-refractivity contribution >= 4 is 0 Å². The summed E-state index contributed by atoms with van der Waals surface area (Å²) < 4.78 is 0. The van der Waals surface area contributed by atoms with Crippen LogP contribution in [-0.4, -0.2) is 10.2 Å². The van der Waals surface area contributed by atoms with Gasteiger partial charge in [0.2, 0.25) is 0 Å². The van der Waals surface area contributed by atoms with E-state index in [1.165, 1.54) is 0 Å². The predicted octanol–water partition coefficient (Wildman–Crippen LogP) is 1.38. The first-order valence-electron chi connectivity index (χ1n) is 1.30. The van der Waals surface area contributed by atoms with E-state index in [0.29, 0.717) is 0 Å². The molecule has 36 valence electrons. The van der Waals surface area contributed by atoms with E-state index in [9.17, 15) is 0 Å². The second kappa shape index (κ2) is 8.95. The molecule has 0 saturated carbocycles. The van der Waals surface area contributed by atoms with Crippen LogP contribution in [0.25, 0.3) is 0 Å². The van der Waals surface area contributed by atoms with Gasteiger partial charge in [-0.15, -0.1) is 13.2 Å². The molecule has 0 fully saturated rings. The average molecular weight is 88.1 g/mol. The van der Waals surface area contributed by atoms with Crippen molar-refractivity contribution in [3.8, 4) is 0 Å². The summed E-state index contributed by atoms with van der Waals surface area (Å²) in [4.78, 5) is 0. The van der Waals surface area contributed by atoms with Crippen LogP contribution >= 0.6 is 0 Å². The Morgan fingerprint density at radius 1 is 1.17 bits per heavy atom. The smallest absolute Gasteiger partial charge is 0.266 e. The van der Waals surface area contributed by atoms with E-state index in [1.807, 2.05) is 0 Å². The lowest BCUT2D eigenvalue weighted by Crippen LogP contribution is -1.62. The summed E-state index contributed by atoms with van der Waals surface area (Å²) >= 11 is 0. The first-order chi connectivity index (χ1) is 2.73. The predicted molar refractivity (Wildman–Crippen MR) is 25.7 cm³/mol. The maximum atomic E-state index is 7.42. The SMILES string of the molecule is C=C.C=C(O)O. The zero-order valence-corrected chi connectivity index (χ0v) is 3.52. The molecular formula is C4H8O2. The molecule has 0 aromatic carbocycles. The lowest BCUT2D eigenvalue weighted by atomic mass is 11.1. The third kappa shape index (κ3) is 15.7. The van der Waals surface area contributed by atoms with Gasteiger partial charge in [0.15, 0.2) is 0 Å². The highest BCUT2D eigenvalue weighted by Gasteiger charge is 1.56. The largest absolute Gasteiger partial charge is 0.482 e. The first kappa shape index (κ1) is 8.91. The normalized spacial score (nSPS) is 4.67. The lowest BCUT2D eigenvalue weighted by Gasteiger charge is -1.69. The van der Waals surface area contributed by atoms with Gasteiger partial charge in [0, 0.05) is 0 Å². The van der Waals surface area contributed by atoms with Gasteiger partial charge in [-0.25, -0.2) is 0 Å². The Labute approximate surface area is 37.0 Å². The second-order valence-corrected chi connectivity index (χ2v) is 0.416. The van der Waals surface area contributed by atoms with E-state index in [-0.39, 0.29) is 0 Å². The Kier molecular flexibility index (Phi) is 13.3. The first-order valence-corrected chi connectivity index (χ1v) is 1.30. The summed E-state index contributed by atoms with van der Waals surface area (Å²) in [5.74, 6) is -0.833. The molecule has 0 saturated heterocycles. The molecule has 0 atom stereocenters. The minimum atomic E-state index is -0.833. The molecule has 0 aliphatic rings. The van der Waals surface area contributed by atoms with Crippen LogP contribution in [0.1, 0.15) is 0 Å². The number of aliphatic hydroxyl groups excluding tert-OH is 1. The summed E-state index contributed by atoms with van der Waals surface area (Å²) in [6.45, 7) is 8.67. The number of hydrogen-bond donors (Lipinski definition) is 2. The van der Waals surface area contributed by atoms with Crippen LogP contribution in [0, 0.1) is 0 Å². The Balaban J connectivity index is 0. The summed E-state index contributed by atoms with van der Waals surface area (Å²) in [7, 11) is 0. The standard InChI is InChI=1S/C2H4O2.C2H4/c1-2(3)4;1-2/h3-4H,1H2;1-2H2. The molecule has 0 heterocycles. The van der Waals surface area contributed by atoms with Crippen LogP contribution in [0.2, 0.25) is 0 Å². The zero-order valence-electron chi connectivity index (χ0n) is 3.52. The van der Waals surface area contributed by atoms with E-state index in [0.717, 1.165) is 0 Å². The maximum Gasteiger partial charge on any atom is 0.266 e. The van der Waals surface area contributed by atoms with Crippen LogP contribution < -0.4 is 0 Å². The number of hydrogen-bond acceptors (Lipinski definition) is 2. The molecule has 2 N–H and O–H groups in total. The van der Waals surface area contributed by atoms with Crippen LogP contribution in [0.5, 0.6) is 0 Å². The molecular weight excluding hydrogens is 80.0 g/mol. The minimum absolute atomic E-state index is 0.833. The molecule has 0 aromatic heterocycles. The molecule has 2 heteroatoms. The monoisotopic (exact) mass is 88.1 g/mol. The van der Waals surface area contributed by atoms with Gasteiger partial charge >= 0.3 is 0 Å². The molecule has 0 aromatic rings. The fourth-order valence-electron chi connectivity index (χ4n) is 0. The molecule has 0 aliphatic heterocycles. The van der Waals surface area contributed by atoms with Crippen molar-refractivity contribution in [3.05, 3.63) is 25.7 Å². The van der Waals surface area contributed by atoms with Gasteiger partial charge in [0.05, 0.1) is 0 Å². The summed E-state index contributed by atoms with van der Waals surface area (Å²) in [6, 6.07) is 0. The Morgan fingerprint density at radius 2 is 1.17 bits per heavy atom. The fourth-order valence-corrected chi connectivity index (χ4v) is 0. The van der Waals surface area contributed by atoms with Crippen molar-refractivity contribution < 1.29 is 10.2 Å². The van der Waals surface area contributed by atoms with Gasteiger partial charge in [-0.3, -0.25) is 0 Å². The highest BCUT2D eigenvalue weighted by Crippen LogP contribution is 1.58. The molecule has 2 nitrogen and oxygen atoms in total. The van der Waals surface area contributed by atoms with Gasteiger partial charge in [0.25, 0.3) is 5.95 Å². The van der Waals surface area contributed by atoms with Crippen molar-refractivity contribution in [2.75, 3.05) is 0 Å². The van der Waals surface area contributed by atoms with E-state index in [4.69, 9.17) is 10.2 Å². The van der Waals surface area contributed by atoms with Crippen LogP contribution in [-0.2, 0) is 0 Å². The van der Waals surface area contributed by atoms with Crippen LogP contribution in [0.4, 0.5) is 0 Å². The summed E-state index contributed by atoms with van der Waals surface area (Å²) in [5, 5.41) is 14.8. The molecule has 0 aliphatic carbocycles. The third-order valence-corrected chi connectivity index (χ3v) is 0. The quantitative estimate of drug-likeness (QED) is 0.347. The average Bonchev–Trinajstić information content (AvgIpc) is 1.41. The van der Waals surface area contributed by atoms with Crippen molar-refractivity contribution in [3.63, 3.8) is 0 Å². The molecule has 0 amide bonds. The molecule has 0 bridgehead atoms. The maximum absolute atomic E-state index is 7.42. The molecule has 6 heavy (non-hydrogen) atoms. The Bertz CT molecular complexity index is 36.8. The highest BCUT2D eigenvalue weighted by atomic mass is 16.5. The summed E-state index contributed by atoms with van der Waals surface area (Å²) in [5.41, 5.74) is 0. The Morgan fingerprint density at radius 3 is 1.17 bits per heavy atom. The third-order valence-electron chi connectivity index (χ3n) is 0. The van der Waals surface area contributed by atoms with Gasteiger partial charge in [0.1, 0.15) is 0 Å². The van der Waals surface area contributed by atoms with Crippen molar-refractivity contribution in [2.45, 2.75) is 0 Å². The van der Waals surface area contributed by atoms with E-state index in [1.54, 1.807) is 0 Å². The van der Waals surface area contributed by atoms with E-state index >= 15 is 0 Å². The Hall–Kier alpha value is -0.920. The van der Waals surface area contributed by atoms with Gasteiger partial charge in [-0.05, 0) is 6.58 Å². The fraction of sp³-hybridized carbons (Fsp3) is 0. The van der Waals surface area contributed by atoms with Crippen LogP contribution in [0.3, 0.4) is 0 Å². The van der Waals surface area contributed by atoms with Gasteiger partial charge in [-0.2, -0.15) is 0 Å². The zero-order chi connectivity index (χ0) is 5.58. The van der Waals surface area contributed by atoms with Crippen molar-refractivity contribution in [1.82, 2.24) is 0 Å². The van der Waals surface area contributed by atoms with Crippen molar-refractivity contribution in [2.24, 2.45) is 0 Å².